The predicted octanol–water partition coefficient (Wildman–Crippen LogP) is 5.05. The number of imide groups is 1. The quantitative estimate of drug-likeness (QED) is 0.437. The van der Waals surface area contributed by atoms with E-state index in [2.05, 4.69) is 4.98 Å². The van der Waals surface area contributed by atoms with Crippen LogP contribution in [0.3, 0.4) is 0 Å². The Labute approximate surface area is 203 Å². The third-order valence-electron chi connectivity index (χ3n) is 5.49. The average Bonchev–Trinajstić information content (AvgIpc) is 3.02. The van der Waals surface area contributed by atoms with Gasteiger partial charge in [-0.1, -0.05) is 23.7 Å². The van der Waals surface area contributed by atoms with Crippen LogP contribution in [-0.2, 0) is 21.2 Å². The van der Waals surface area contributed by atoms with Crippen LogP contribution in [0.4, 0.5) is 23.7 Å². The highest BCUT2D eigenvalue weighted by Crippen LogP contribution is 2.33. The number of rotatable bonds is 5. The zero-order valence-electron chi connectivity index (χ0n) is 18.0. The van der Waals surface area contributed by atoms with Gasteiger partial charge in [-0.05, 0) is 61.0 Å². The first-order valence-corrected chi connectivity index (χ1v) is 12.0. The van der Waals surface area contributed by atoms with Crippen LogP contribution in [0.5, 0.6) is 0 Å². The Bertz CT molecular complexity index is 1410. The number of sulfone groups is 1. The molecule has 12 heteroatoms. The first-order valence-electron chi connectivity index (χ1n) is 10.2. The molecular formula is C23H17ClF3N3O4S. The van der Waals surface area contributed by atoms with Gasteiger partial charge < -0.3 is 4.90 Å². The molecule has 0 saturated carbocycles. The van der Waals surface area contributed by atoms with Gasteiger partial charge >= 0.3 is 11.5 Å². The van der Waals surface area contributed by atoms with Gasteiger partial charge in [-0.15, -0.1) is 0 Å². The number of hydrogen-bond acceptors (Lipinski definition) is 5. The zero-order chi connectivity index (χ0) is 25.5. The highest BCUT2D eigenvalue weighted by Gasteiger charge is 2.47. The van der Waals surface area contributed by atoms with Crippen LogP contribution in [0.1, 0.15) is 12.5 Å². The van der Waals surface area contributed by atoms with E-state index in [0.29, 0.717) is 28.4 Å². The summed E-state index contributed by atoms with van der Waals surface area (Å²) >= 11 is 6.04. The van der Waals surface area contributed by atoms with E-state index in [9.17, 15) is 31.2 Å². The van der Waals surface area contributed by atoms with Crippen LogP contribution in [0.15, 0.2) is 71.8 Å². The highest BCUT2D eigenvalue weighted by atomic mass is 35.5. The minimum Gasteiger partial charge on any atom is -0.308 e. The standard InChI is InChI=1S/C23H17ClF3N3O4S/c1-14-21(31)30(18-5-7-19(8-6-18)35(33,34)23(25,26)27)22(32)29(14)13-15-9-10-28-20(11-15)16-3-2-4-17(24)12-16/h2-12,14H,13H2,1H3. The van der Waals surface area contributed by atoms with E-state index in [1.807, 2.05) is 6.07 Å². The molecule has 1 saturated heterocycles. The number of urea groups is 1. The van der Waals surface area contributed by atoms with Crippen LogP contribution in [0.25, 0.3) is 11.3 Å². The number of alkyl halides is 3. The molecular weight excluding hydrogens is 507 g/mol. The lowest BCUT2D eigenvalue weighted by atomic mass is 10.1. The van der Waals surface area contributed by atoms with Crippen molar-refractivity contribution in [2.24, 2.45) is 0 Å². The summed E-state index contributed by atoms with van der Waals surface area (Å²) in [5.74, 6) is -0.592. The Balaban J connectivity index is 1.58. The predicted molar refractivity (Wildman–Crippen MR) is 122 cm³/mol. The first kappa shape index (κ1) is 24.7. The van der Waals surface area contributed by atoms with Crippen LogP contribution < -0.4 is 4.90 Å². The van der Waals surface area contributed by atoms with Crippen molar-refractivity contribution in [1.82, 2.24) is 9.88 Å². The Kier molecular flexibility index (Phi) is 6.32. The molecule has 0 radical (unpaired) electrons. The molecule has 0 N–H and O–H groups in total. The van der Waals surface area contributed by atoms with E-state index in [-0.39, 0.29) is 12.2 Å². The van der Waals surface area contributed by atoms with E-state index in [0.717, 1.165) is 22.6 Å². The average molecular weight is 524 g/mol. The van der Waals surface area contributed by atoms with Crippen molar-refractivity contribution in [3.63, 3.8) is 0 Å². The summed E-state index contributed by atoms with van der Waals surface area (Å²) in [6.07, 6.45) is 1.57. The molecule has 3 aromatic rings. The molecule has 182 valence electrons. The number of pyridine rings is 1. The lowest BCUT2D eigenvalue weighted by Gasteiger charge is -2.20. The van der Waals surface area contributed by atoms with Crippen molar-refractivity contribution in [3.8, 4) is 11.3 Å². The van der Waals surface area contributed by atoms with E-state index >= 15 is 0 Å². The second kappa shape index (κ2) is 8.97. The fourth-order valence-electron chi connectivity index (χ4n) is 3.63. The summed E-state index contributed by atoms with van der Waals surface area (Å²) < 4.78 is 61.5. The molecule has 1 unspecified atom stereocenters. The van der Waals surface area contributed by atoms with Gasteiger partial charge in [-0.25, -0.2) is 18.1 Å². The zero-order valence-corrected chi connectivity index (χ0v) is 19.6. The lowest BCUT2D eigenvalue weighted by molar-refractivity contribution is -0.119. The minimum atomic E-state index is -5.55. The number of anilines is 1. The second-order valence-electron chi connectivity index (χ2n) is 7.76. The van der Waals surface area contributed by atoms with Gasteiger partial charge in [0.15, 0.2) is 0 Å². The van der Waals surface area contributed by atoms with Crippen LogP contribution in [-0.4, -0.2) is 41.8 Å². The summed E-state index contributed by atoms with van der Waals surface area (Å²) in [4.78, 5) is 31.3. The number of benzene rings is 2. The maximum absolute atomic E-state index is 13.1. The number of aromatic nitrogens is 1. The number of hydrogen-bond donors (Lipinski definition) is 0. The molecule has 35 heavy (non-hydrogen) atoms. The fourth-order valence-corrected chi connectivity index (χ4v) is 4.59. The fraction of sp³-hybridized carbons (Fsp3) is 0.174. The molecule has 4 rings (SSSR count). The molecule has 7 nitrogen and oxygen atoms in total. The smallest absolute Gasteiger partial charge is 0.308 e. The van der Waals surface area contributed by atoms with Gasteiger partial charge in [0.2, 0.25) is 0 Å². The third-order valence-corrected chi connectivity index (χ3v) is 7.23. The second-order valence-corrected chi connectivity index (χ2v) is 10.1. The molecule has 1 aliphatic rings. The Hall–Kier alpha value is -3.44. The van der Waals surface area contributed by atoms with Gasteiger partial charge in [-0.3, -0.25) is 9.78 Å². The van der Waals surface area contributed by atoms with Crippen molar-refractivity contribution < 1.29 is 31.2 Å². The Morgan fingerprint density at radius 2 is 1.71 bits per heavy atom. The minimum absolute atomic E-state index is 0.0372. The molecule has 3 amide bonds. The molecule has 1 aromatic heterocycles. The van der Waals surface area contributed by atoms with E-state index in [1.165, 1.54) is 11.8 Å². The van der Waals surface area contributed by atoms with E-state index in [1.54, 1.807) is 36.5 Å². The van der Waals surface area contributed by atoms with Gasteiger partial charge in [0.05, 0.1) is 16.3 Å². The highest BCUT2D eigenvalue weighted by molar-refractivity contribution is 7.92. The first-order chi connectivity index (χ1) is 16.4. The van der Waals surface area contributed by atoms with Gasteiger partial charge in [-0.2, -0.15) is 13.2 Å². The van der Waals surface area contributed by atoms with E-state index in [4.69, 9.17) is 11.6 Å². The molecule has 2 aromatic carbocycles. The topological polar surface area (TPSA) is 87.7 Å². The third kappa shape index (κ3) is 4.61. The summed E-state index contributed by atoms with van der Waals surface area (Å²) in [6.45, 7) is 1.60. The number of nitrogens with zero attached hydrogens (tertiary/aromatic N) is 3. The van der Waals surface area contributed by atoms with Crippen molar-refractivity contribution in [1.29, 1.82) is 0 Å². The van der Waals surface area contributed by atoms with Crippen molar-refractivity contribution in [2.45, 2.75) is 29.9 Å². The molecule has 1 atom stereocenters. The molecule has 0 bridgehead atoms. The summed E-state index contributed by atoms with van der Waals surface area (Å²) in [7, 11) is -5.55. The van der Waals surface area contributed by atoms with Crippen LogP contribution >= 0.6 is 11.6 Å². The van der Waals surface area contributed by atoms with Gasteiger partial charge in [0.25, 0.3) is 15.7 Å². The normalized spacial score (nSPS) is 16.8. The molecule has 0 spiro atoms. The van der Waals surface area contributed by atoms with E-state index < -0.39 is 38.2 Å². The molecule has 2 heterocycles. The van der Waals surface area contributed by atoms with Gasteiger partial charge in [0, 0.05) is 23.3 Å². The Morgan fingerprint density at radius 3 is 2.34 bits per heavy atom. The SMILES string of the molecule is CC1C(=O)N(c2ccc(S(=O)(=O)C(F)(F)F)cc2)C(=O)N1Cc1ccnc(-c2cccc(Cl)c2)c1. The monoisotopic (exact) mass is 523 g/mol. The maximum Gasteiger partial charge on any atom is 0.501 e. The van der Waals surface area contributed by atoms with Crippen LogP contribution in [0.2, 0.25) is 5.02 Å². The van der Waals surface area contributed by atoms with Crippen molar-refractivity contribution in [3.05, 3.63) is 77.4 Å². The summed E-state index contributed by atoms with van der Waals surface area (Å²) in [5, 5.41) is 0.535. The number of carbonyl (C=O) groups is 2. The van der Waals surface area contributed by atoms with Crippen molar-refractivity contribution in [2.75, 3.05) is 4.90 Å². The van der Waals surface area contributed by atoms with Crippen LogP contribution in [0, 0.1) is 0 Å². The summed E-state index contributed by atoms with van der Waals surface area (Å²) in [5.41, 5.74) is -3.42. The summed E-state index contributed by atoms with van der Waals surface area (Å²) in [6, 6.07) is 12.4. The molecule has 1 aliphatic heterocycles. The lowest BCUT2D eigenvalue weighted by Crippen LogP contribution is -2.33. The number of halogens is 4. The van der Waals surface area contributed by atoms with Crippen molar-refractivity contribution >= 4 is 39.1 Å². The Morgan fingerprint density at radius 1 is 1.03 bits per heavy atom. The largest absolute Gasteiger partial charge is 0.501 e. The molecule has 1 fully saturated rings. The number of amides is 3. The number of carbonyl (C=O) groups excluding carboxylic acids is 2. The van der Waals surface area contributed by atoms with Gasteiger partial charge in [0.1, 0.15) is 6.04 Å². The maximum atomic E-state index is 13.1. The molecule has 0 aliphatic carbocycles.